The van der Waals surface area contributed by atoms with Crippen LogP contribution in [-0.2, 0) is 6.54 Å². The maximum atomic E-state index is 4.51. The molecule has 0 fully saturated rings. The molecule has 0 amide bonds. The number of benzene rings is 1. The van der Waals surface area contributed by atoms with Gasteiger partial charge in [-0.05, 0) is 18.2 Å². The first kappa shape index (κ1) is 11.6. The second-order valence-electron chi connectivity index (χ2n) is 3.72. The van der Waals surface area contributed by atoms with Gasteiger partial charge in [0.2, 0.25) is 0 Å². The number of nitrogens with zero attached hydrogens (tertiary/aromatic N) is 4. The van der Waals surface area contributed by atoms with Crippen LogP contribution in [0.2, 0.25) is 0 Å². The van der Waals surface area contributed by atoms with Gasteiger partial charge in [0.15, 0.2) is 5.13 Å². The van der Waals surface area contributed by atoms with Crippen molar-refractivity contribution in [1.82, 2.24) is 20.0 Å². The molecule has 0 aliphatic heterocycles. The number of thiazole rings is 1. The highest BCUT2D eigenvalue weighted by molar-refractivity contribution is 9.10. The molecule has 0 bridgehead atoms. The predicted octanol–water partition coefficient (Wildman–Crippen LogP) is 2.76. The van der Waals surface area contributed by atoms with Crippen molar-refractivity contribution < 1.29 is 0 Å². The average Bonchev–Trinajstić information content (AvgIpc) is 2.97. The van der Waals surface area contributed by atoms with Gasteiger partial charge in [0.1, 0.15) is 0 Å². The van der Waals surface area contributed by atoms with E-state index in [9.17, 15) is 0 Å². The molecule has 18 heavy (non-hydrogen) atoms. The van der Waals surface area contributed by atoms with Gasteiger partial charge >= 0.3 is 0 Å². The van der Waals surface area contributed by atoms with Gasteiger partial charge in [-0.3, -0.25) is 4.68 Å². The number of aromatic nitrogens is 4. The van der Waals surface area contributed by atoms with Gasteiger partial charge in [0.05, 0.1) is 23.0 Å². The molecule has 0 atom stereocenters. The second kappa shape index (κ2) is 5.03. The fraction of sp³-hybridized carbons (Fsp3) is 0.182. The molecule has 3 aromatic rings. The third kappa shape index (κ3) is 2.51. The van der Waals surface area contributed by atoms with Gasteiger partial charge in [-0.2, -0.15) is 0 Å². The Morgan fingerprint density at radius 2 is 2.33 bits per heavy atom. The van der Waals surface area contributed by atoms with Crippen molar-refractivity contribution >= 4 is 42.6 Å². The van der Waals surface area contributed by atoms with Crippen LogP contribution in [0.25, 0.3) is 10.2 Å². The quantitative estimate of drug-likeness (QED) is 0.802. The highest BCUT2D eigenvalue weighted by atomic mass is 79.9. The van der Waals surface area contributed by atoms with E-state index in [2.05, 4.69) is 42.6 Å². The summed E-state index contributed by atoms with van der Waals surface area (Å²) in [6.45, 7) is 1.56. The maximum absolute atomic E-state index is 4.51. The Balaban J connectivity index is 1.67. The zero-order valence-corrected chi connectivity index (χ0v) is 11.8. The molecular weight excluding hydrogens is 314 g/mol. The van der Waals surface area contributed by atoms with Crippen LogP contribution in [0.3, 0.4) is 0 Å². The number of hydrogen-bond donors (Lipinski definition) is 1. The minimum Gasteiger partial charge on any atom is -0.360 e. The molecule has 5 nitrogen and oxygen atoms in total. The Bertz CT molecular complexity index is 649. The van der Waals surface area contributed by atoms with Gasteiger partial charge in [0, 0.05) is 17.2 Å². The molecule has 1 aromatic carbocycles. The lowest BCUT2D eigenvalue weighted by atomic mass is 10.3. The van der Waals surface area contributed by atoms with Crippen molar-refractivity contribution in [3.8, 4) is 0 Å². The summed E-state index contributed by atoms with van der Waals surface area (Å²) in [5.74, 6) is 0. The zero-order valence-electron chi connectivity index (χ0n) is 9.38. The van der Waals surface area contributed by atoms with E-state index in [0.717, 1.165) is 28.2 Å². The first-order chi connectivity index (χ1) is 8.81. The van der Waals surface area contributed by atoms with Crippen LogP contribution in [0, 0.1) is 0 Å². The van der Waals surface area contributed by atoms with Crippen LogP contribution in [0.1, 0.15) is 0 Å². The molecule has 3 rings (SSSR count). The van der Waals surface area contributed by atoms with Crippen molar-refractivity contribution in [2.24, 2.45) is 0 Å². The monoisotopic (exact) mass is 323 g/mol. The topological polar surface area (TPSA) is 55.6 Å². The van der Waals surface area contributed by atoms with Crippen LogP contribution >= 0.6 is 27.3 Å². The summed E-state index contributed by atoms with van der Waals surface area (Å²) < 4.78 is 4.04. The minimum absolute atomic E-state index is 0.777. The SMILES string of the molecule is Brc1ccc2nc(NCCn3ccnn3)sc2c1. The molecule has 0 saturated heterocycles. The Labute approximate surface area is 116 Å². The van der Waals surface area contributed by atoms with Crippen molar-refractivity contribution in [2.45, 2.75) is 6.54 Å². The van der Waals surface area contributed by atoms with E-state index in [4.69, 9.17) is 0 Å². The van der Waals surface area contributed by atoms with Crippen molar-refractivity contribution in [3.05, 3.63) is 35.1 Å². The second-order valence-corrected chi connectivity index (χ2v) is 5.67. The van der Waals surface area contributed by atoms with Gasteiger partial charge in [-0.15, -0.1) is 5.10 Å². The molecular formula is C11H10BrN5S. The Morgan fingerprint density at radius 1 is 1.39 bits per heavy atom. The molecule has 1 N–H and O–H groups in total. The van der Waals surface area contributed by atoms with Gasteiger partial charge in [-0.25, -0.2) is 4.98 Å². The number of anilines is 1. The molecule has 0 unspecified atom stereocenters. The largest absolute Gasteiger partial charge is 0.360 e. The highest BCUT2D eigenvalue weighted by Crippen LogP contribution is 2.28. The van der Waals surface area contributed by atoms with E-state index < -0.39 is 0 Å². The third-order valence-corrected chi connectivity index (χ3v) is 3.91. The minimum atomic E-state index is 0.777. The van der Waals surface area contributed by atoms with Crippen molar-refractivity contribution in [1.29, 1.82) is 0 Å². The maximum Gasteiger partial charge on any atom is 0.183 e. The van der Waals surface area contributed by atoms with Crippen LogP contribution in [-0.4, -0.2) is 26.5 Å². The van der Waals surface area contributed by atoms with E-state index in [1.54, 1.807) is 22.2 Å². The Hall–Kier alpha value is -1.47. The summed E-state index contributed by atoms with van der Waals surface area (Å²) in [6.07, 6.45) is 3.52. The Kier molecular flexibility index (Phi) is 3.24. The summed E-state index contributed by atoms with van der Waals surface area (Å²) in [4.78, 5) is 4.51. The summed E-state index contributed by atoms with van der Waals surface area (Å²) in [7, 11) is 0. The first-order valence-electron chi connectivity index (χ1n) is 5.45. The molecule has 0 radical (unpaired) electrons. The standard InChI is InChI=1S/C11H10BrN5S/c12-8-1-2-9-10(7-8)18-11(15-9)13-3-5-17-6-4-14-16-17/h1-2,4,6-7H,3,5H2,(H,13,15). The summed E-state index contributed by atoms with van der Waals surface area (Å²) in [5.41, 5.74) is 1.02. The number of hydrogen-bond acceptors (Lipinski definition) is 5. The van der Waals surface area contributed by atoms with E-state index in [0.29, 0.717) is 0 Å². The molecule has 92 valence electrons. The molecule has 2 aromatic heterocycles. The van der Waals surface area contributed by atoms with E-state index >= 15 is 0 Å². The summed E-state index contributed by atoms with van der Waals surface area (Å²) in [5, 5.41) is 11.9. The highest BCUT2D eigenvalue weighted by Gasteiger charge is 2.03. The lowest BCUT2D eigenvalue weighted by Gasteiger charge is -2.01. The number of rotatable bonds is 4. The van der Waals surface area contributed by atoms with E-state index in [-0.39, 0.29) is 0 Å². The Morgan fingerprint density at radius 3 is 3.17 bits per heavy atom. The number of nitrogens with one attached hydrogen (secondary N) is 1. The fourth-order valence-electron chi connectivity index (χ4n) is 1.60. The number of fused-ring (bicyclic) bond motifs is 1. The normalized spacial score (nSPS) is 10.9. The molecule has 2 heterocycles. The van der Waals surface area contributed by atoms with Gasteiger partial charge in [0.25, 0.3) is 0 Å². The summed E-state index contributed by atoms with van der Waals surface area (Å²) >= 11 is 5.11. The van der Waals surface area contributed by atoms with E-state index in [1.807, 2.05) is 18.3 Å². The number of halogens is 1. The lowest BCUT2D eigenvalue weighted by Crippen LogP contribution is -2.10. The molecule has 0 aliphatic carbocycles. The fourth-order valence-corrected chi connectivity index (χ4v) is 3.05. The van der Waals surface area contributed by atoms with Crippen LogP contribution in [0.4, 0.5) is 5.13 Å². The predicted molar refractivity (Wildman–Crippen MR) is 75.8 cm³/mol. The zero-order chi connectivity index (χ0) is 12.4. The van der Waals surface area contributed by atoms with Gasteiger partial charge in [-0.1, -0.05) is 32.5 Å². The van der Waals surface area contributed by atoms with Crippen molar-refractivity contribution in [3.63, 3.8) is 0 Å². The average molecular weight is 324 g/mol. The van der Waals surface area contributed by atoms with Gasteiger partial charge < -0.3 is 5.32 Å². The third-order valence-electron chi connectivity index (χ3n) is 2.44. The molecule has 0 saturated carbocycles. The van der Waals surface area contributed by atoms with E-state index in [1.165, 1.54) is 4.70 Å². The molecule has 0 aliphatic rings. The van der Waals surface area contributed by atoms with Crippen molar-refractivity contribution in [2.75, 3.05) is 11.9 Å². The smallest absolute Gasteiger partial charge is 0.183 e. The lowest BCUT2D eigenvalue weighted by molar-refractivity contribution is 0.609. The first-order valence-corrected chi connectivity index (χ1v) is 7.06. The summed E-state index contributed by atoms with van der Waals surface area (Å²) in [6, 6.07) is 6.09. The van der Waals surface area contributed by atoms with Crippen LogP contribution < -0.4 is 5.32 Å². The molecule has 7 heteroatoms. The molecule has 0 spiro atoms. The van der Waals surface area contributed by atoms with Crippen LogP contribution in [0.15, 0.2) is 35.1 Å². The van der Waals surface area contributed by atoms with Crippen LogP contribution in [0.5, 0.6) is 0 Å².